The van der Waals surface area contributed by atoms with Crippen LogP contribution in [0.5, 0.6) is 0 Å². The minimum Gasteiger partial charge on any atom is -0.166 e. The molecule has 0 saturated heterocycles. The first-order chi connectivity index (χ1) is 7.04. The molecule has 0 fully saturated rings. The summed E-state index contributed by atoms with van der Waals surface area (Å²) in [4.78, 5) is 0. The van der Waals surface area contributed by atoms with E-state index in [1.54, 1.807) is 0 Å². The summed E-state index contributed by atoms with van der Waals surface area (Å²) in [6, 6.07) is 5.27. The van der Waals surface area contributed by atoms with Crippen molar-refractivity contribution in [3.63, 3.8) is 0 Å². The van der Waals surface area contributed by atoms with E-state index in [0.29, 0.717) is 6.42 Å². The number of hydrogen-bond acceptors (Lipinski definition) is 0. The molecular weight excluding hydrogens is 201 g/mol. The molecule has 0 radical (unpaired) electrons. The van der Waals surface area contributed by atoms with Crippen LogP contribution in [0.25, 0.3) is 0 Å². The molecule has 0 heterocycles. The fourth-order valence-electron chi connectivity index (χ4n) is 1.22. The van der Waals surface area contributed by atoms with E-state index in [2.05, 4.69) is 0 Å². The van der Waals surface area contributed by atoms with Crippen molar-refractivity contribution in [2.24, 2.45) is 0 Å². The quantitative estimate of drug-likeness (QED) is 0.661. The summed E-state index contributed by atoms with van der Waals surface area (Å²) >= 11 is 0. The highest BCUT2D eigenvalue weighted by atomic mass is 19.4. The zero-order chi connectivity index (χ0) is 11.3. The van der Waals surface area contributed by atoms with E-state index in [0.717, 1.165) is 24.1 Å². The number of alkyl halides is 3. The van der Waals surface area contributed by atoms with Gasteiger partial charge in [0.25, 0.3) is 0 Å². The average molecular weight is 214 g/mol. The van der Waals surface area contributed by atoms with E-state index in [-0.39, 0.29) is 0 Å². The summed E-state index contributed by atoms with van der Waals surface area (Å²) in [6.07, 6.45) is 1.35. The van der Waals surface area contributed by atoms with Crippen LogP contribution in [0.3, 0.4) is 0 Å². The lowest BCUT2D eigenvalue weighted by Crippen LogP contribution is -2.04. The Balaban J connectivity index is 2.69. The molecule has 0 aromatic heterocycles. The average Bonchev–Trinajstić information content (AvgIpc) is 2.18. The van der Waals surface area contributed by atoms with Gasteiger partial charge in [-0.2, -0.15) is 13.2 Å². The van der Waals surface area contributed by atoms with Gasteiger partial charge in [-0.05, 0) is 30.5 Å². The van der Waals surface area contributed by atoms with Gasteiger partial charge in [-0.15, -0.1) is 0 Å². The van der Waals surface area contributed by atoms with E-state index in [4.69, 9.17) is 0 Å². The molecule has 0 aliphatic carbocycles. The minimum absolute atomic E-state index is 0.592. The molecule has 1 rings (SSSR count). The predicted octanol–water partition coefficient (Wildman–Crippen LogP) is 4.21. The van der Waals surface area contributed by atoms with Crippen LogP contribution in [0, 0.1) is 0 Å². The Labute approximate surface area is 87.4 Å². The standard InChI is InChI=1S/C12H13F3/c1-2-3-4-5-10-6-8-11(9-7-10)12(13,14)15/h3-4,6-9H,2,5H2,1H3. The molecule has 0 unspecified atom stereocenters. The Morgan fingerprint density at radius 1 is 1.07 bits per heavy atom. The summed E-state index contributed by atoms with van der Waals surface area (Å²) in [5.41, 5.74) is 0.304. The van der Waals surface area contributed by atoms with Gasteiger partial charge in [-0.25, -0.2) is 0 Å². The largest absolute Gasteiger partial charge is 0.416 e. The number of halogens is 3. The van der Waals surface area contributed by atoms with E-state index in [9.17, 15) is 13.2 Å². The lowest BCUT2D eigenvalue weighted by atomic mass is 10.1. The second-order valence-electron chi connectivity index (χ2n) is 3.28. The van der Waals surface area contributed by atoms with Crippen molar-refractivity contribution in [2.75, 3.05) is 0 Å². The summed E-state index contributed by atoms with van der Waals surface area (Å²) in [5.74, 6) is 0. The molecule has 1 aromatic carbocycles. The molecule has 0 nitrogen and oxygen atoms in total. The first-order valence-corrected chi connectivity index (χ1v) is 4.85. The number of allylic oxidation sites excluding steroid dienone is 2. The van der Waals surface area contributed by atoms with Gasteiger partial charge in [-0.3, -0.25) is 0 Å². The fraction of sp³-hybridized carbons (Fsp3) is 0.333. The van der Waals surface area contributed by atoms with Crippen LogP contribution in [-0.4, -0.2) is 0 Å². The van der Waals surface area contributed by atoms with Gasteiger partial charge in [0.1, 0.15) is 0 Å². The highest BCUT2D eigenvalue weighted by molar-refractivity contribution is 5.25. The van der Waals surface area contributed by atoms with Crippen molar-refractivity contribution in [3.8, 4) is 0 Å². The summed E-state index contributed by atoms with van der Waals surface area (Å²) in [5, 5.41) is 0. The van der Waals surface area contributed by atoms with Crippen molar-refractivity contribution < 1.29 is 13.2 Å². The number of hydrogen-bond donors (Lipinski definition) is 0. The highest BCUT2D eigenvalue weighted by Crippen LogP contribution is 2.29. The van der Waals surface area contributed by atoms with Crippen molar-refractivity contribution >= 4 is 0 Å². The second kappa shape index (κ2) is 5.01. The Bertz CT molecular complexity index is 320. The maximum absolute atomic E-state index is 12.2. The molecule has 15 heavy (non-hydrogen) atoms. The van der Waals surface area contributed by atoms with Crippen molar-refractivity contribution in [3.05, 3.63) is 47.5 Å². The van der Waals surface area contributed by atoms with Crippen LogP contribution in [0.4, 0.5) is 13.2 Å². The molecule has 0 bridgehead atoms. The number of benzene rings is 1. The third kappa shape index (κ3) is 3.78. The van der Waals surface area contributed by atoms with Gasteiger partial charge in [0.2, 0.25) is 0 Å². The zero-order valence-corrected chi connectivity index (χ0v) is 8.51. The summed E-state index contributed by atoms with van der Waals surface area (Å²) < 4.78 is 36.6. The van der Waals surface area contributed by atoms with Gasteiger partial charge < -0.3 is 0 Å². The van der Waals surface area contributed by atoms with Crippen molar-refractivity contribution in [1.82, 2.24) is 0 Å². The van der Waals surface area contributed by atoms with Crippen LogP contribution < -0.4 is 0 Å². The van der Waals surface area contributed by atoms with Crippen LogP contribution >= 0.6 is 0 Å². The Morgan fingerprint density at radius 2 is 1.67 bits per heavy atom. The lowest BCUT2D eigenvalue weighted by Gasteiger charge is -2.06. The van der Waals surface area contributed by atoms with Gasteiger partial charge in [0.15, 0.2) is 0 Å². The Kier molecular flexibility index (Phi) is 3.95. The first-order valence-electron chi connectivity index (χ1n) is 4.85. The minimum atomic E-state index is -4.24. The zero-order valence-electron chi connectivity index (χ0n) is 8.51. The summed E-state index contributed by atoms with van der Waals surface area (Å²) in [6.45, 7) is 2.02. The van der Waals surface area contributed by atoms with Crippen LogP contribution in [0.2, 0.25) is 0 Å². The molecule has 0 atom stereocenters. The molecule has 0 aliphatic heterocycles. The number of rotatable bonds is 3. The first kappa shape index (κ1) is 11.8. The topological polar surface area (TPSA) is 0 Å². The van der Waals surface area contributed by atoms with Gasteiger partial charge in [-0.1, -0.05) is 31.2 Å². The van der Waals surface area contributed by atoms with Crippen LogP contribution in [0.15, 0.2) is 36.4 Å². The fourth-order valence-corrected chi connectivity index (χ4v) is 1.22. The highest BCUT2D eigenvalue weighted by Gasteiger charge is 2.29. The molecule has 0 N–H and O–H groups in total. The molecule has 3 heteroatoms. The Hall–Kier alpha value is -1.25. The third-order valence-corrected chi connectivity index (χ3v) is 2.04. The maximum atomic E-state index is 12.2. The predicted molar refractivity (Wildman–Crippen MR) is 54.6 cm³/mol. The van der Waals surface area contributed by atoms with E-state index < -0.39 is 11.7 Å². The molecular formula is C12H13F3. The molecule has 0 amide bonds. The van der Waals surface area contributed by atoms with E-state index >= 15 is 0 Å². The van der Waals surface area contributed by atoms with Gasteiger partial charge >= 0.3 is 6.18 Å². The van der Waals surface area contributed by atoms with Crippen LogP contribution in [-0.2, 0) is 12.6 Å². The third-order valence-electron chi connectivity index (χ3n) is 2.04. The molecule has 1 aromatic rings. The van der Waals surface area contributed by atoms with E-state index in [1.165, 1.54) is 12.1 Å². The SMILES string of the molecule is CCC=CCc1ccc(C(F)(F)F)cc1. The Morgan fingerprint density at radius 3 is 2.13 bits per heavy atom. The van der Waals surface area contributed by atoms with Crippen molar-refractivity contribution in [1.29, 1.82) is 0 Å². The normalized spacial score (nSPS) is 12.3. The molecule has 0 aliphatic rings. The van der Waals surface area contributed by atoms with Gasteiger partial charge in [0.05, 0.1) is 5.56 Å². The molecule has 82 valence electrons. The second-order valence-corrected chi connectivity index (χ2v) is 3.28. The lowest BCUT2D eigenvalue weighted by molar-refractivity contribution is -0.137. The van der Waals surface area contributed by atoms with Crippen molar-refractivity contribution in [2.45, 2.75) is 25.9 Å². The van der Waals surface area contributed by atoms with Crippen LogP contribution in [0.1, 0.15) is 24.5 Å². The molecule has 0 saturated carbocycles. The molecule has 0 spiro atoms. The summed E-state index contributed by atoms with van der Waals surface area (Å²) in [7, 11) is 0. The van der Waals surface area contributed by atoms with E-state index in [1.807, 2.05) is 19.1 Å². The maximum Gasteiger partial charge on any atom is 0.416 e. The smallest absolute Gasteiger partial charge is 0.166 e. The van der Waals surface area contributed by atoms with Gasteiger partial charge in [0, 0.05) is 0 Å². The monoisotopic (exact) mass is 214 g/mol.